The van der Waals surface area contributed by atoms with Crippen molar-refractivity contribution in [3.63, 3.8) is 0 Å². The minimum atomic E-state index is -2.18. The van der Waals surface area contributed by atoms with E-state index in [2.05, 4.69) is 0 Å². The van der Waals surface area contributed by atoms with Gasteiger partial charge < -0.3 is 9.84 Å². The molecule has 1 N–H and O–H groups in total. The van der Waals surface area contributed by atoms with Gasteiger partial charge in [0.2, 0.25) is 0 Å². The summed E-state index contributed by atoms with van der Waals surface area (Å²) in [6, 6.07) is 0. The first-order valence-corrected chi connectivity index (χ1v) is 2.14. The molecule has 0 saturated carbocycles. The van der Waals surface area contributed by atoms with E-state index >= 15 is 0 Å². The molecule has 0 radical (unpaired) electrons. The fourth-order valence-electron chi connectivity index (χ4n) is 0.470. The summed E-state index contributed by atoms with van der Waals surface area (Å²) in [5.41, 5.74) is 0.322. The molecular formula is C5H8O2. The first kappa shape index (κ1) is 2.72. The number of aliphatic hydroxyl groups is 1. The van der Waals surface area contributed by atoms with Crippen molar-refractivity contribution < 1.29 is 12.6 Å². The number of rotatable bonds is 1. The van der Waals surface area contributed by atoms with Crippen LogP contribution in [0.4, 0.5) is 0 Å². The van der Waals surface area contributed by atoms with Crippen LogP contribution in [-0.2, 0) is 4.74 Å². The topological polar surface area (TPSA) is 29.5 Å². The Morgan fingerprint density at radius 1 is 2.14 bits per heavy atom. The summed E-state index contributed by atoms with van der Waals surface area (Å²) < 4.78 is 18.3. The molecule has 2 heteroatoms. The van der Waals surface area contributed by atoms with E-state index in [0.29, 0.717) is 18.6 Å². The van der Waals surface area contributed by atoms with Crippen molar-refractivity contribution in [3.8, 4) is 0 Å². The van der Waals surface area contributed by atoms with Gasteiger partial charge in [0.15, 0.2) is 0 Å². The number of ether oxygens (including phenoxy) is 1. The van der Waals surface area contributed by atoms with E-state index < -0.39 is 6.56 Å². The second-order valence-corrected chi connectivity index (χ2v) is 1.38. The van der Waals surface area contributed by atoms with Crippen molar-refractivity contribution in [2.75, 3.05) is 13.2 Å². The smallest absolute Gasteiger partial charge is 0.0912 e. The maximum atomic E-state index is 8.70. The fourth-order valence-corrected chi connectivity index (χ4v) is 0.470. The normalized spacial score (nSPS) is 25.0. The highest BCUT2D eigenvalue weighted by Gasteiger charge is 2.01. The van der Waals surface area contributed by atoms with E-state index in [-0.39, 0.29) is 0 Å². The Morgan fingerprint density at radius 3 is 3.29 bits per heavy atom. The van der Waals surface area contributed by atoms with E-state index in [4.69, 9.17) is 12.6 Å². The summed E-state index contributed by atoms with van der Waals surface area (Å²) >= 11 is 0. The third-order valence-corrected chi connectivity index (χ3v) is 0.858. The van der Waals surface area contributed by atoms with Gasteiger partial charge in [-0.2, -0.15) is 0 Å². The van der Waals surface area contributed by atoms with Gasteiger partial charge in [0.25, 0.3) is 0 Å². The van der Waals surface area contributed by atoms with Gasteiger partial charge in [-0.3, -0.25) is 0 Å². The summed E-state index contributed by atoms with van der Waals surface area (Å²) in [4.78, 5) is 0. The van der Waals surface area contributed by atoms with Crippen molar-refractivity contribution in [2.24, 2.45) is 0 Å². The average molecular weight is 102 g/mol. The Labute approximate surface area is 45.2 Å². The summed E-state index contributed by atoms with van der Waals surface area (Å²) in [5.74, 6) is 0. The zero-order chi connectivity index (χ0) is 6.91. The van der Waals surface area contributed by atoms with Crippen LogP contribution in [-0.4, -0.2) is 18.3 Å². The lowest BCUT2D eigenvalue weighted by atomic mass is 10.3. The second-order valence-electron chi connectivity index (χ2n) is 1.38. The van der Waals surface area contributed by atoms with E-state index in [1.165, 1.54) is 6.26 Å². The van der Waals surface area contributed by atoms with Crippen molar-refractivity contribution in [3.05, 3.63) is 11.8 Å². The van der Waals surface area contributed by atoms with E-state index in [0.717, 1.165) is 0 Å². The van der Waals surface area contributed by atoms with Crippen LogP contribution in [0.5, 0.6) is 0 Å². The lowest BCUT2D eigenvalue weighted by Crippen LogP contribution is -1.84. The minimum absolute atomic E-state index is 0.322. The standard InChI is InChI=1S/C5H8O2/c6-3-5-1-2-7-4-5/h4,6H,1-3H2/i3D2. The monoisotopic (exact) mass is 102 g/mol. The molecular weight excluding hydrogens is 92.1 g/mol. The van der Waals surface area contributed by atoms with Gasteiger partial charge >= 0.3 is 0 Å². The molecule has 0 fully saturated rings. The molecule has 0 bridgehead atoms. The average Bonchev–Trinajstić information content (AvgIpc) is 2.08. The van der Waals surface area contributed by atoms with Crippen LogP contribution in [0.3, 0.4) is 0 Å². The van der Waals surface area contributed by atoms with Gasteiger partial charge in [-0.15, -0.1) is 0 Å². The molecule has 1 aliphatic rings. The zero-order valence-corrected chi connectivity index (χ0v) is 3.85. The number of hydrogen-bond donors (Lipinski definition) is 1. The summed E-state index contributed by atoms with van der Waals surface area (Å²) in [7, 11) is 0. The van der Waals surface area contributed by atoms with Crippen molar-refractivity contribution in [1.29, 1.82) is 0 Å². The molecule has 0 saturated heterocycles. The van der Waals surface area contributed by atoms with Crippen LogP contribution >= 0.6 is 0 Å². The largest absolute Gasteiger partial charge is 0.501 e. The first-order valence-electron chi connectivity index (χ1n) is 3.14. The third-order valence-electron chi connectivity index (χ3n) is 0.858. The van der Waals surface area contributed by atoms with Crippen molar-refractivity contribution >= 4 is 0 Å². The summed E-state index contributed by atoms with van der Waals surface area (Å²) in [6.07, 6.45) is 1.77. The highest BCUT2D eigenvalue weighted by atomic mass is 16.5. The van der Waals surface area contributed by atoms with Gasteiger partial charge in [0.1, 0.15) is 0 Å². The molecule has 1 rings (SSSR count). The third kappa shape index (κ3) is 0.933. The molecule has 0 unspecified atom stereocenters. The number of hydrogen-bond acceptors (Lipinski definition) is 2. The quantitative estimate of drug-likeness (QED) is 0.515. The predicted octanol–water partition coefficient (Wildman–Crippen LogP) is 0.283. The Bertz CT molecular complexity index is 136. The summed E-state index contributed by atoms with van der Waals surface area (Å²) in [6.45, 7) is -1.70. The van der Waals surface area contributed by atoms with Crippen LogP contribution < -0.4 is 0 Å². The van der Waals surface area contributed by atoms with Crippen molar-refractivity contribution in [2.45, 2.75) is 6.42 Å². The summed E-state index contributed by atoms with van der Waals surface area (Å²) in [5, 5.41) is 8.70. The molecule has 7 heavy (non-hydrogen) atoms. The fraction of sp³-hybridized carbons (Fsp3) is 0.600. The van der Waals surface area contributed by atoms with Gasteiger partial charge in [0, 0.05) is 6.42 Å². The SMILES string of the molecule is [2H]C([2H])(O)C1=COCC1. The molecule has 0 aromatic carbocycles. The van der Waals surface area contributed by atoms with Gasteiger partial charge in [-0.05, 0) is 5.57 Å². The van der Waals surface area contributed by atoms with E-state index in [1.807, 2.05) is 0 Å². The maximum Gasteiger partial charge on any atom is 0.0912 e. The zero-order valence-electron chi connectivity index (χ0n) is 5.85. The highest BCUT2D eigenvalue weighted by molar-refractivity contribution is 5.01. The second kappa shape index (κ2) is 1.98. The molecule has 0 atom stereocenters. The molecule has 0 amide bonds. The molecule has 1 heterocycles. The maximum absolute atomic E-state index is 8.70. The van der Waals surface area contributed by atoms with Gasteiger partial charge in [-0.25, -0.2) is 0 Å². The van der Waals surface area contributed by atoms with Crippen LogP contribution in [0.25, 0.3) is 0 Å². The Morgan fingerprint density at radius 2 is 3.00 bits per heavy atom. The first-order chi connectivity index (χ1) is 4.11. The molecule has 40 valence electrons. The Hall–Kier alpha value is -0.500. The van der Waals surface area contributed by atoms with E-state index in [1.54, 1.807) is 0 Å². The highest BCUT2D eigenvalue weighted by Crippen LogP contribution is 2.07. The van der Waals surface area contributed by atoms with Gasteiger partial charge in [0.05, 0.1) is 22.2 Å². The van der Waals surface area contributed by atoms with Crippen LogP contribution in [0, 0.1) is 0 Å². The van der Waals surface area contributed by atoms with Crippen LogP contribution in [0.15, 0.2) is 11.8 Å². The Kier molecular flexibility index (Phi) is 0.770. The molecule has 0 aromatic rings. The van der Waals surface area contributed by atoms with Crippen molar-refractivity contribution in [1.82, 2.24) is 0 Å². The minimum Gasteiger partial charge on any atom is -0.501 e. The van der Waals surface area contributed by atoms with Gasteiger partial charge in [-0.1, -0.05) is 0 Å². The Balaban J connectivity index is 2.61. The molecule has 1 aliphatic heterocycles. The predicted molar refractivity (Wildman–Crippen MR) is 25.7 cm³/mol. The molecule has 0 aromatic heterocycles. The molecule has 0 aliphatic carbocycles. The van der Waals surface area contributed by atoms with E-state index in [9.17, 15) is 0 Å². The lowest BCUT2D eigenvalue weighted by Gasteiger charge is -1.84. The van der Waals surface area contributed by atoms with Crippen LogP contribution in [0.1, 0.15) is 9.16 Å². The molecule has 2 nitrogen and oxygen atoms in total. The van der Waals surface area contributed by atoms with Crippen LogP contribution in [0.2, 0.25) is 0 Å². The molecule has 0 spiro atoms. The lowest BCUT2D eigenvalue weighted by molar-refractivity contribution is 0.281.